The highest BCUT2D eigenvalue weighted by atomic mass is 35.5. The molecule has 3 aromatic carbocycles. The van der Waals surface area contributed by atoms with Gasteiger partial charge < -0.3 is 4.57 Å². The maximum atomic E-state index is 12.4. The lowest BCUT2D eigenvalue weighted by molar-refractivity contribution is 0.0954. The molecule has 1 amide bonds. The Morgan fingerprint density at radius 1 is 1.03 bits per heavy atom. The van der Waals surface area contributed by atoms with Crippen molar-refractivity contribution in [2.45, 2.75) is 13.5 Å². The summed E-state index contributed by atoms with van der Waals surface area (Å²) in [7, 11) is 0. The SMILES string of the molecule is Cc1ccccc1C(=O)N/N=C\c1cn(Cc2ccc(Cl)cc2)c2ccccc12. The number of carbonyl (C=O) groups is 1. The number of nitrogens with zero attached hydrogens (tertiary/aromatic N) is 2. The fourth-order valence-electron chi connectivity index (χ4n) is 3.34. The van der Waals surface area contributed by atoms with Gasteiger partial charge in [0.1, 0.15) is 0 Å². The standard InChI is InChI=1S/C24H20ClN3O/c1-17-6-2-3-7-21(17)24(29)27-26-14-19-16-28(23-9-5-4-8-22(19)23)15-18-10-12-20(25)13-11-18/h2-14,16H,15H2,1H3,(H,27,29)/b26-14-. The molecule has 1 aromatic heterocycles. The minimum absolute atomic E-state index is 0.218. The first-order valence-corrected chi connectivity index (χ1v) is 9.71. The van der Waals surface area contributed by atoms with Gasteiger partial charge in [0.05, 0.1) is 6.21 Å². The molecule has 0 bridgehead atoms. The van der Waals surface area contributed by atoms with Crippen molar-refractivity contribution in [1.82, 2.24) is 9.99 Å². The maximum Gasteiger partial charge on any atom is 0.271 e. The first-order chi connectivity index (χ1) is 14.1. The number of nitrogens with one attached hydrogen (secondary N) is 1. The van der Waals surface area contributed by atoms with Crippen molar-refractivity contribution in [3.05, 3.63) is 106 Å². The maximum absolute atomic E-state index is 12.4. The largest absolute Gasteiger partial charge is 0.342 e. The molecule has 0 atom stereocenters. The van der Waals surface area contributed by atoms with Gasteiger partial charge in [-0.1, -0.05) is 60.1 Å². The fraction of sp³-hybridized carbons (Fsp3) is 0.0833. The lowest BCUT2D eigenvalue weighted by atomic mass is 10.1. The number of aromatic nitrogens is 1. The minimum Gasteiger partial charge on any atom is -0.342 e. The number of aryl methyl sites for hydroxylation is 1. The third kappa shape index (κ3) is 4.23. The molecule has 0 aliphatic heterocycles. The van der Waals surface area contributed by atoms with E-state index in [2.05, 4.69) is 27.2 Å². The normalized spacial score (nSPS) is 11.2. The zero-order chi connectivity index (χ0) is 20.2. The molecular formula is C24H20ClN3O. The molecule has 144 valence electrons. The molecule has 0 radical (unpaired) electrons. The van der Waals surface area contributed by atoms with E-state index in [9.17, 15) is 4.79 Å². The average molecular weight is 402 g/mol. The summed E-state index contributed by atoms with van der Waals surface area (Å²) in [6, 6.07) is 23.4. The van der Waals surface area contributed by atoms with E-state index in [0.717, 1.165) is 39.2 Å². The van der Waals surface area contributed by atoms with E-state index in [1.165, 1.54) is 0 Å². The van der Waals surface area contributed by atoms with Crippen LogP contribution in [0.15, 0.2) is 84.1 Å². The van der Waals surface area contributed by atoms with Crippen LogP contribution in [0.3, 0.4) is 0 Å². The molecule has 5 heteroatoms. The van der Waals surface area contributed by atoms with E-state index in [-0.39, 0.29) is 5.91 Å². The van der Waals surface area contributed by atoms with Crippen molar-refractivity contribution < 1.29 is 4.79 Å². The summed E-state index contributed by atoms with van der Waals surface area (Å²) in [6.07, 6.45) is 3.74. The molecule has 0 unspecified atom stereocenters. The summed E-state index contributed by atoms with van der Waals surface area (Å²) in [4.78, 5) is 12.4. The van der Waals surface area contributed by atoms with Crippen LogP contribution in [0, 0.1) is 6.92 Å². The Balaban J connectivity index is 1.57. The second-order valence-corrected chi connectivity index (χ2v) is 7.31. The van der Waals surface area contributed by atoms with Crippen LogP contribution < -0.4 is 5.43 Å². The van der Waals surface area contributed by atoms with Crippen LogP contribution in [-0.4, -0.2) is 16.7 Å². The molecule has 0 aliphatic rings. The number of benzene rings is 3. The monoisotopic (exact) mass is 401 g/mol. The van der Waals surface area contributed by atoms with Gasteiger partial charge in [0.2, 0.25) is 0 Å². The van der Waals surface area contributed by atoms with Gasteiger partial charge >= 0.3 is 0 Å². The Hall–Kier alpha value is -3.37. The summed E-state index contributed by atoms with van der Waals surface area (Å²) < 4.78 is 2.17. The molecule has 1 heterocycles. The van der Waals surface area contributed by atoms with Gasteiger partial charge in [-0.3, -0.25) is 4.79 Å². The smallest absolute Gasteiger partial charge is 0.271 e. The molecule has 0 saturated carbocycles. The van der Waals surface area contributed by atoms with Gasteiger partial charge in [-0.2, -0.15) is 5.10 Å². The third-order valence-corrected chi connectivity index (χ3v) is 5.10. The highest BCUT2D eigenvalue weighted by Gasteiger charge is 2.09. The van der Waals surface area contributed by atoms with Crippen LogP contribution >= 0.6 is 11.6 Å². The van der Waals surface area contributed by atoms with Crippen LogP contribution in [0.25, 0.3) is 10.9 Å². The van der Waals surface area contributed by atoms with Crippen molar-refractivity contribution in [3.63, 3.8) is 0 Å². The van der Waals surface area contributed by atoms with Gasteiger partial charge in [-0.05, 0) is 42.3 Å². The van der Waals surface area contributed by atoms with Crippen molar-refractivity contribution in [2.24, 2.45) is 5.10 Å². The Labute approximate surface area is 174 Å². The Morgan fingerprint density at radius 3 is 2.55 bits per heavy atom. The fourth-order valence-corrected chi connectivity index (χ4v) is 3.47. The van der Waals surface area contributed by atoms with Crippen LogP contribution in [-0.2, 0) is 6.54 Å². The second-order valence-electron chi connectivity index (χ2n) is 6.87. The van der Waals surface area contributed by atoms with Crippen molar-refractivity contribution in [3.8, 4) is 0 Å². The predicted molar refractivity (Wildman–Crippen MR) is 119 cm³/mol. The van der Waals surface area contributed by atoms with Crippen molar-refractivity contribution in [1.29, 1.82) is 0 Å². The highest BCUT2D eigenvalue weighted by molar-refractivity contribution is 6.30. The molecule has 1 N–H and O–H groups in total. The first-order valence-electron chi connectivity index (χ1n) is 9.33. The summed E-state index contributed by atoms with van der Waals surface area (Å²) >= 11 is 5.99. The number of hydrogen-bond acceptors (Lipinski definition) is 2. The quantitative estimate of drug-likeness (QED) is 0.352. The summed E-state index contributed by atoms with van der Waals surface area (Å²) in [5, 5.41) is 5.99. The zero-order valence-corrected chi connectivity index (χ0v) is 16.7. The average Bonchev–Trinajstić information content (AvgIpc) is 3.08. The molecule has 29 heavy (non-hydrogen) atoms. The number of fused-ring (bicyclic) bond motifs is 1. The zero-order valence-electron chi connectivity index (χ0n) is 16.0. The minimum atomic E-state index is -0.218. The Morgan fingerprint density at radius 2 is 1.76 bits per heavy atom. The van der Waals surface area contributed by atoms with E-state index in [0.29, 0.717) is 5.56 Å². The third-order valence-electron chi connectivity index (χ3n) is 4.85. The molecule has 4 aromatic rings. The molecule has 4 nitrogen and oxygen atoms in total. The summed E-state index contributed by atoms with van der Waals surface area (Å²) in [6.45, 7) is 2.63. The van der Waals surface area contributed by atoms with Crippen LogP contribution in [0.4, 0.5) is 0 Å². The first kappa shape index (κ1) is 19.0. The van der Waals surface area contributed by atoms with Gasteiger partial charge in [0.25, 0.3) is 5.91 Å². The van der Waals surface area contributed by atoms with E-state index < -0.39 is 0 Å². The molecule has 0 spiro atoms. The Kier molecular flexibility index (Phi) is 5.45. The molecule has 0 fully saturated rings. The van der Waals surface area contributed by atoms with Crippen molar-refractivity contribution in [2.75, 3.05) is 0 Å². The van der Waals surface area contributed by atoms with Crippen LogP contribution in [0.1, 0.15) is 27.0 Å². The van der Waals surface area contributed by atoms with Gasteiger partial charge in [0, 0.05) is 39.8 Å². The van der Waals surface area contributed by atoms with E-state index in [1.54, 1.807) is 12.3 Å². The van der Waals surface area contributed by atoms with E-state index >= 15 is 0 Å². The molecule has 0 saturated heterocycles. The van der Waals surface area contributed by atoms with Crippen LogP contribution in [0.2, 0.25) is 5.02 Å². The number of carbonyl (C=O) groups excluding carboxylic acids is 1. The molecular weight excluding hydrogens is 382 g/mol. The van der Waals surface area contributed by atoms with Gasteiger partial charge in [-0.15, -0.1) is 0 Å². The predicted octanol–water partition coefficient (Wildman–Crippen LogP) is 5.42. The Bertz CT molecular complexity index is 1190. The van der Waals surface area contributed by atoms with E-state index in [1.807, 2.05) is 67.7 Å². The number of hydrogen-bond donors (Lipinski definition) is 1. The number of halogens is 1. The molecule has 0 aliphatic carbocycles. The number of hydrazone groups is 1. The lowest BCUT2D eigenvalue weighted by Gasteiger charge is -2.05. The lowest BCUT2D eigenvalue weighted by Crippen LogP contribution is -2.18. The number of para-hydroxylation sites is 1. The van der Waals surface area contributed by atoms with Crippen molar-refractivity contribution >= 4 is 34.6 Å². The van der Waals surface area contributed by atoms with Gasteiger partial charge in [0.15, 0.2) is 0 Å². The number of amides is 1. The topological polar surface area (TPSA) is 46.4 Å². The summed E-state index contributed by atoms with van der Waals surface area (Å²) in [5.74, 6) is -0.218. The van der Waals surface area contributed by atoms with Crippen LogP contribution in [0.5, 0.6) is 0 Å². The summed E-state index contributed by atoms with van der Waals surface area (Å²) in [5.41, 5.74) is 7.37. The highest BCUT2D eigenvalue weighted by Crippen LogP contribution is 2.22. The second kappa shape index (κ2) is 8.33. The number of rotatable bonds is 5. The van der Waals surface area contributed by atoms with Gasteiger partial charge in [-0.25, -0.2) is 5.43 Å². The van der Waals surface area contributed by atoms with E-state index in [4.69, 9.17) is 11.6 Å². The molecule has 4 rings (SSSR count).